The number of carbonyl (C=O) groups excluding carboxylic acids is 1. The van der Waals surface area contributed by atoms with Crippen molar-refractivity contribution in [3.05, 3.63) is 88.8 Å². The van der Waals surface area contributed by atoms with E-state index in [0.717, 1.165) is 18.8 Å². The van der Waals surface area contributed by atoms with Crippen LogP contribution in [-0.4, -0.2) is 61.0 Å². The molecule has 3 aromatic carbocycles. The molecule has 1 aliphatic rings. The lowest BCUT2D eigenvalue weighted by Crippen LogP contribution is -2.49. The highest BCUT2D eigenvalue weighted by molar-refractivity contribution is 6.05. The van der Waals surface area contributed by atoms with Gasteiger partial charge in [-0.3, -0.25) is 9.59 Å². The zero-order chi connectivity index (χ0) is 24.4. The molecule has 0 spiro atoms. The second kappa shape index (κ2) is 9.50. The molecule has 1 amide bonds. The van der Waals surface area contributed by atoms with Gasteiger partial charge in [0.2, 0.25) is 0 Å². The summed E-state index contributed by atoms with van der Waals surface area (Å²) in [6, 6.07) is 22.4. The predicted octanol–water partition coefficient (Wildman–Crippen LogP) is 3.37. The standard InChI is InChI=1S/C27H26N4O4/c1-34-21-16-20(17-22(18-21)35-2)31-26(32)24-11-7-6-10-23(24)25(28-31)27(33)30-14-12-29(13-15-30)19-8-4-3-5-9-19/h3-11,16-18H,12-15H2,1-2H3. The molecule has 35 heavy (non-hydrogen) atoms. The lowest BCUT2D eigenvalue weighted by molar-refractivity contribution is 0.0741. The maximum absolute atomic E-state index is 13.7. The van der Waals surface area contributed by atoms with Crippen LogP contribution in [0, 0.1) is 0 Å². The highest BCUT2D eigenvalue weighted by atomic mass is 16.5. The molecule has 1 aliphatic heterocycles. The number of hydrogen-bond acceptors (Lipinski definition) is 6. The number of fused-ring (bicyclic) bond motifs is 1. The maximum Gasteiger partial charge on any atom is 0.279 e. The minimum absolute atomic E-state index is 0.197. The molecule has 0 radical (unpaired) electrons. The van der Waals surface area contributed by atoms with Gasteiger partial charge >= 0.3 is 0 Å². The Morgan fingerprint density at radius 3 is 2.00 bits per heavy atom. The second-order valence-electron chi connectivity index (χ2n) is 8.30. The van der Waals surface area contributed by atoms with Gasteiger partial charge in [-0.25, -0.2) is 0 Å². The molecule has 8 heteroatoms. The number of amides is 1. The van der Waals surface area contributed by atoms with Crippen LogP contribution in [-0.2, 0) is 0 Å². The molecule has 5 rings (SSSR count). The summed E-state index contributed by atoms with van der Waals surface area (Å²) in [6.07, 6.45) is 0. The largest absolute Gasteiger partial charge is 0.497 e. The van der Waals surface area contributed by atoms with Crippen molar-refractivity contribution in [3.63, 3.8) is 0 Å². The molecule has 1 fully saturated rings. The van der Waals surface area contributed by atoms with Crippen molar-refractivity contribution in [2.45, 2.75) is 0 Å². The van der Waals surface area contributed by atoms with Crippen molar-refractivity contribution >= 4 is 22.4 Å². The van der Waals surface area contributed by atoms with E-state index in [4.69, 9.17) is 9.47 Å². The van der Waals surface area contributed by atoms with Crippen molar-refractivity contribution in [1.29, 1.82) is 0 Å². The van der Waals surface area contributed by atoms with E-state index in [9.17, 15) is 9.59 Å². The number of carbonyl (C=O) groups is 1. The molecular formula is C27H26N4O4. The fourth-order valence-electron chi connectivity index (χ4n) is 4.39. The molecule has 1 aromatic heterocycles. The summed E-state index contributed by atoms with van der Waals surface area (Å²) in [5.41, 5.74) is 1.53. The van der Waals surface area contributed by atoms with E-state index in [1.165, 1.54) is 4.68 Å². The minimum atomic E-state index is -0.318. The van der Waals surface area contributed by atoms with Gasteiger partial charge in [0.05, 0.1) is 25.3 Å². The summed E-state index contributed by atoms with van der Waals surface area (Å²) in [5.74, 6) is 0.842. The number of para-hydroxylation sites is 1. The molecule has 0 bridgehead atoms. The summed E-state index contributed by atoms with van der Waals surface area (Å²) in [5, 5.41) is 5.53. The predicted molar refractivity (Wildman–Crippen MR) is 135 cm³/mol. The molecule has 2 heterocycles. The third-order valence-electron chi connectivity index (χ3n) is 6.28. The molecule has 0 aliphatic carbocycles. The zero-order valence-electron chi connectivity index (χ0n) is 19.7. The van der Waals surface area contributed by atoms with Gasteiger partial charge in [-0.05, 0) is 18.2 Å². The molecule has 0 saturated carbocycles. The van der Waals surface area contributed by atoms with Gasteiger partial charge < -0.3 is 19.3 Å². The fraction of sp³-hybridized carbons (Fsp3) is 0.222. The van der Waals surface area contributed by atoms with Crippen LogP contribution < -0.4 is 19.9 Å². The van der Waals surface area contributed by atoms with Crippen LogP contribution in [0.3, 0.4) is 0 Å². The van der Waals surface area contributed by atoms with Gasteiger partial charge in [-0.15, -0.1) is 0 Å². The first kappa shape index (κ1) is 22.5. The minimum Gasteiger partial charge on any atom is -0.497 e. The Labute approximate surface area is 202 Å². The maximum atomic E-state index is 13.7. The Balaban J connectivity index is 1.53. The van der Waals surface area contributed by atoms with E-state index in [2.05, 4.69) is 22.1 Å². The normalized spacial score (nSPS) is 13.7. The number of rotatable bonds is 5. The molecule has 4 aromatic rings. The van der Waals surface area contributed by atoms with E-state index in [-0.39, 0.29) is 17.2 Å². The molecule has 1 saturated heterocycles. The Kier molecular flexibility index (Phi) is 6.10. The Hall–Kier alpha value is -4.33. The van der Waals surface area contributed by atoms with Crippen LogP contribution in [0.1, 0.15) is 10.5 Å². The van der Waals surface area contributed by atoms with Gasteiger partial charge in [-0.1, -0.05) is 36.4 Å². The van der Waals surface area contributed by atoms with Gasteiger partial charge in [0, 0.05) is 55.5 Å². The summed E-state index contributed by atoms with van der Waals surface area (Å²) >= 11 is 0. The molecule has 0 unspecified atom stereocenters. The number of hydrogen-bond donors (Lipinski definition) is 0. The molecule has 0 N–H and O–H groups in total. The average molecular weight is 471 g/mol. The average Bonchev–Trinajstić information content (AvgIpc) is 2.93. The van der Waals surface area contributed by atoms with Gasteiger partial charge in [0.15, 0.2) is 5.69 Å². The topological polar surface area (TPSA) is 76.9 Å². The lowest BCUT2D eigenvalue weighted by atomic mass is 10.1. The summed E-state index contributed by atoms with van der Waals surface area (Å²) < 4.78 is 12.0. The number of aromatic nitrogens is 2. The summed E-state index contributed by atoms with van der Waals surface area (Å²) in [4.78, 5) is 31.1. The summed E-state index contributed by atoms with van der Waals surface area (Å²) in [7, 11) is 3.08. The number of nitrogens with zero attached hydrogens (tertiary/aromatic N) is 4. The molecule has 178 valence electrons. The highest BCUT2D eigenvalue weighted by Crippen LogP contribution is 2.25. The first-order valence-electron chi connectivity index (χ1n) is 11.4. The number of anilines is 1. The van der Waals surface area contributed by atoms with Gasteiger partial charge in [0.1, 0.15) is 11.5 Å². The van der Waals surface area contributed by atoms with E-state index < -0.39 is 0 Å². The van der Waals surface area contributed by atoms with E-state index in [1.54, 1.807) is 55.5 Å². The van der Waals surface area contributed by atoms with Crippen LogP contribution in [0.5, 0.6) is 11.5 Å². The smallest absolute Gasteiger partial charge is 0.279 e. The van der Waals surface area contributed by atoms with Crippen LogP contribution >= 0.6 is 0 Å². The quantitative estimate of drug-likeness (QED) is 0.445. The van der Waals surface area contributed by atoms with E-state index in [0.29, 0.717) is 41.0 Å². The monoisotopic (exact) mass is 470 g/mol. The highest BCUT2D eigenvalue weighted by Gasteiger charge is 2.26. The second-order valence-corrected chi connectivity index (χ2v) is 8.30. The SMILES string of the molecule is COc1cc(OC)cc(-n2nc(C(=O)N3CCN(c4ccccc4)CC3)c3ccccc3c2=O)c1. The van der Waals surface area contributed by atoms with E-state index in [1.807, 2.05) is 24.3 Å². The first-order chi connectivity index (χ1) is 17.1. The third-order valence-corrected chi connectivity index (χ3v) is 6.28. The number of methoxy groups -OCH3 is 2. The van der Waals surface area contributed by atoms with E-state index >= 15 is 0 Å². The van der Waals surface area contributed by atoms with Crippen molar-refractivity contribution in [1.82, 2.24) is 14.7 Å². The Morgan fingerprint density at radius 1 is 0.771 bits per heavy atom. The number of ether oxygens (including phenoxy) is 2. The number of benzene rings is 3. The first-order valence-corrected chi connectivity index (χ1v) is 11.4. The van der Waals surface area contributed by atoms with Gasteiger partial charge in [-0.2, -0.15) is 9.78 Å². The third kappa shape index (κ3) is 4.30. The van der Waals surface area contributed by atoms with Crippen molar-refractivity contribution in [3.8, 4) is 17.2 Å². The van der Waals surface area contributed by atoms with Crippen LogP contribution in [0.4, 0.5) is 5.69 Å². The summed E-state index contributed by atoms with van der Waals surface area (Å²) in [6.45, 7) is 2.58. The Morgan fingerprint density at radius 2 is 1.37 bits per heavy atom. The number of piperazine rings is 1. The van der Waals surface area contributed by atoms with Crippen molar-refractivity contribution in [2.24, 2.45) is 0 Å². The molecular weight excluding hydrogens is 444 g/mol. The zero-order valence-corrected chi connectivity index (χ0v) is 19.7. The van der Waals surface area contributed by atoms with Crippen molar-refractivity contribution in [2.75, 3.05) is 45.3 Å². The lowest BCUT2D eigenvalue weighted by Gasteiger charge is -2.36. The van der Waals surface area contributed by atoms with Gasteiger partial charge in [0.25, 0.3) is 11.5 Å². The Bertz CT molecular complexity index is 1400. The van der Waals surface area contributed by atoms with Crippen LogP contribution in [0.2, 0.25) is 0 Å². The van der Waals surface area contributed by atoms with Crippen LogP contribution in [0.25, 0.3) is 16.5 Å². The molecule has 0 atom stereocenters. The van der Waals surface area contributed by atoms with Crippen molar-refractivity contribution < 1.29 is 14.3 Å². The van der Waals surface area contributed by atoms with Crippen LogP contribution in [0.15, 0.2) is 77.6 Å². The molecule has 8 nitrogen and oxygen atoms in total. The fourth-order valence-corrected chi connectivity index (χ4v) is 4.39.